The van der Waals surface area contributed by atoms with E-state index >= 15 is 0 Å². The fourth-order valence-electron chi connectivity index (χ4n) is 3.99. The Kier molecular flexibility index (Phi) is 5.05. The van der Waals surface area contributed by atoms with Crippen molar-refractivity contribution >= 4 is 11.7 Å². The average Bonchev–Trinajstić information content (AvgIpc) is 3.20. The molecule has 1 aromatic carbocycles. The van der Waals surface area contributed by atoms with E-state index in [4.69, 9.17) is 0 Å². The van der Waals surface area contributed by atoms with Crippen LogP contribution in [0.2, 0.25) is 0 Å². The molecule has 0 aliphatic heterocycles. The first-order valence-corrected chi connectivity index (χ1v) is 10.0. The van der Waals surface area contributed by atoms with Gasteiger partial charge < -0.3 is 10.2 Å². The third kappa shape index (κ3) is 4.06. The maximum Gasteiger partial charge on any atom is 0.253 e. The maximum absolute atomic E-state index is 14.3. The first kappa shape index (κ1) is 20.1. The highest BCUT2D eigenvalue weighted by Crippen LogP contribution is 2.40. The van der Waals surface area contributed by atoms with E-state index in [-0.39, 0.29) is 11.3 Å². The molecule has 2 heterocycles. The Bertz CT molecular complexity index is 1100. The van der Waals surface area contributed by atoms with Gasteiger partial charge in [-0.15, -0.1) is 0 Å². The van der Waals surface area contributed by atoms with Crippen LogP contribution in [0.25, 0.3) is 11.3 Å². The molecule has 7 heteroatoms. The summed E-state index contributed by atoms with van der Waals surface area (Å²) in [6, 6.07) is 10.6. The van der Waals surface area contributed by atoms with Crippen molar-refractivity contribution in [2.75, 3.05) is 19.4 Å². The molecule has 1 amide bonds. The van der Waals surface area contributed by atoms with Gasteiger partial charge in [-0.25, -0.2) is 4.98 Å². The number of fused-ring (bicyclic) bond motifs is 1. The number of H-pyrrole nitrogens is 1. The number of halogens is 1. The minimum absolute atomic E-state index is 0.0571. The van der Waals surface area contributed by atoms with Crippen LogP contribution < -0.4 is 5.32 Å². The molecule has 0 atom stereocenters. The van der Waals surface area contributed by atoms with Gasteiger partial charge in [0.05, 0.1) is 5.69 Å². The van der Waals surface area contributed by atoms with Gasteiger partial charge in [0, 0.05) is 49.1 Å². The number of hydrogen-bond donors (Lipinski definition) is 2. The molecular weight excluding hydrogens is 381 g/mol. The fraction of sp³-hybridized carbons (Fsp3) is 0.348. The first-order chi connectivity index (χ1) is 14.2. The molecule has 0 spiro atoms. The van der Waals surface area contributed by atoms with Gasteiger partial charge in [0.15, 0.2) is 0 Å². The van der Waals surface area contributed by atoms with Crippen LogP contribution in [0.15, 0.2) is 36.4 Å². The Balaban J connectivity index is 1.55. The normalized spacial score (nSPS) is 14.4. The summed E-state index contributed by atoms with van der Waals surface area (Å²) < 4.78 is 14.3. The molecule has 0 fully saturated rings. The molecule has 1 aliphatic rings. The molecule has 2 aromatic heterocycles. The van der Waals surface area contributed by atoms with Gasteiger partial charge in [0.25, 0.3) is 5.91 Å². The van der Waals surface area contributed by atoms with Crippen molar-refractivity contribution in [2.45, 2.75) is 33.2 Å². The zero-order valence-electron chi connectivity index (χ0n) is 17.7. The summed E-state index contributed by atoms with van der Waals surface area (Å²) in [5.41, 5.74) is 5.49. The van der Waals surface area contributed by atoms with Crippen LogP contribution in [-0.2, 0) is 19.4 Å². The number of amides is 1. The molecule has 1 aliphatic carbocycles. The number of nitrogens with one attached hydrogen (secondary N) is 2. The largest absolute Gasteiger partial charge is 0.366 e. The van der Waals surface area contributed by atoms with Gasteiger partial charge in [-0.3, -0.25) is 9.89 Å². The second-order valence-corrected chi connectivity index (χ2v) is 8.86. The number of benzene rings is 1. The molecule has 156 valence electrons. The summed E-state index contributed by atoms with van der Waals surface area (Å²) >= 11 is 0. The van der Waals surface area contributed by atoms with Gasteiger partial charge in [-0.2, -0.15) is 9.49 Å². The number of pyridine rings is 1. The van der Waals surface area contributed by atoms with E-state index in [2.05, 4.69) is 34.3 Å². The van der Waals surface area contributed by atoms with E-state index in [0.29, 0.717) is 23.5 Å². The topological polar surface area (TPSA) is 73.9 Å². The number of nitrogens with zero attached hydrogens (tertiary/aromatic N) is 3. The highest BCUT2D eigenvalue weighted by atomic mass is 19.1. The summed E-state index contributed by atoms with van der Waals surface area (Å²) in [6.45, 7) is 4.87. The summed E-state index contributed by atoms with van der Waals surface area (Å²) in [5.74, 6) is -0.179. The number of carbonyl (C=O) groups excluding carboxylic acids is 1. The van der Waals surface area contributed by atoms with Crippen molar-refractivity contribution in [1.29, 1.82) is 0 Å². The van der Waals surface area contributed by atoms with Crippen LogP contribution in [0.5, 0.6) is 0 Å². The van der Waals surface area contributed by atoms with Crippen molar-refractivity contribution in [1.82, 2.24) is 20.1 Å². The van der Waals surface area contributed by atoms with Crippen molar-refractivity contribution in [2.24, 2.45) is 5.41 Å². The first-order valence-electron chi connectivity index (χ1n) is 10.0. The standard InChI is InChI=1S/C23H26FN5O/c1-23(2)11-17-18(12-23)27-28-21(17)16-9-19(24)26-20(10-16)25-13-14-6-5-7-15(8-14)22(30)29(3)4/h5-10H,11-13H2,1-4H3,(H,25,26)(H,27,28). The molecule has 2 N–H and O–H groups in total. The molecule has 0 radical (unpaired) electrons. The van der Waals surface area contributed by atoms with Gasteiger partial charge >= 0.3 is 0 Å². The van der Waals surface area contributed by atoms with E-state index in [9.17, 15) is 9.18 Å². The lowest BCUT2D eigenvalue weighted by atomic mass is 9.90. The zero-order chi connectivity index (χ0) is 21.5. The Labute approximate surface area is 175 Å². The Morgan fingerprint density at radius 1 is 1.23 bits per heavy atom. The molecule has 0 unspecified atom stereocenters. The minimum Gasteiger partial charge on any atom is -0.366 e. The number of anilines is 1. The highest BCUT2D eigenvalue weighted by molar-refractivity contribution is 5.94. The van der Waals surface area contributed by atoms with Crippen LogP contribution in [0, 0.1) is 11.4 Å². The van der Waals surface area contributed by atoms with Crippen LogP contribution in [0.1, 0.15) is 41.0 Å². The second-order valence-electron chi connectivity index (χ2n) is 8.86. The quantitative estimate of drug-likeness (QED) is 0.626. The SMILES string of the molecule is CN(C)C(=O)c1cccc(CNc2cc(-c3n[nH]c4c3CC(C)(C)C4)cc(F)n2)c1. The van der Waals surface area contributed by atoms with Crippen LogP contribution in [0.3, 0.4) is 0 Å². The number of carbonyl (C=O) groups is 1. The molecule has 3 aromatic rings. The molecule has 0 saturated heterocycles. The third-order valence-electron chi connectivity index (χ3n) is 5.38. The number of aromatic amines is 1. The molecule has 4 rings (SSSR count). The van der Waals surface area contributed by atoms with E-state index in [1.165, 1.54) is 11.0 Å². The fourth-order valence-corrected chi connectivity index (χ4v) is 3.99. The lowest BCUT2D eigenvalue weighted by Gasteiger charge is -2.15. The summed E-state index contributed by atoms with van der Waals surface area (Å²) in [4.78, 5) is 17.7. The predicted molar refractivity (Wildman–Crippen MR) is 115 cm³/mol. The summed E-state index contributed by atoms with van der Waals surface area (Å²) in [7, 11) is 3.44. The molecule has 30 heavy (non-hydrogen) atoms. The predicted octanol–water partition coefficient (Wildman–Crippen LogP) is 4.05. The second kappa shape index (κ2) is 7.55. The average molecular weight is 407 g/mol. The Hall–Kier alpha value is -3.22. The third-order valence-corrected chi connectivity index (χ3v) is 5.38. The summed E-state index contributed by atoms with van der Waals surface area (Å²) in [6.07, 6.45) is 1.85. The van der Waals surface area contributed by atoms with Gasteiger partial charge in [-0.05, 0) is 42.0 Å². The summed E-state index contributed by atoms with van der Waals surface area (Å²) in [5, 5.41) is 10.7. The Morgan fingerprint density at radius 2 is 2.03 bits per heavy atom. The Morgan fingerprint density at radius 3 is 2.80 bits per heavy atom. The lowest BCUT2D eigenvalue weighted by Crippen LogP contribution is -2.21. The number of aromatic nitrogens is 3. The van der Waals surface area contributed by atoms with Crippen LogP contribution in [0.4, 0.5) is 10.2 Å². The minimum atomic E-state index is -0.555. The van der Waals surface area contributed by atoms with E-state index < -0.39 is 5.95 Å². The van der Waals surface area contributed by atoms with E-state index in [0.717, 1.165) is 35.4 Å². The smallest absolute Gasteiger partial charge is 0.253 e. The van der Waals surface area contributed by atoms with E-state index in [1.54, 1.807) is 20.2 Å². The maximum atomic E-state index is 14.3. The highest BCUT2D eigenvalue weighted by Gasteiger charge is 2.32. The van der Waals surface area contributed by atoms with Crippen LogP contribution >= 0.6 is 0 Å². The van der Waals surface area contributed by atoms with Gasteiger partial charge in [0.1, 0.15) is 5.82 Å². The van der Waals surface area contributed by atoms with Crippen molar-refractivity contribution in [3.63, 3.8) is 0 Å². The van der Waals surface area contributed by atoms with Gasteiger partial charge in [-0.1, -0.05) is 26.0 Å². The molecular formula is C23H26FN5O. The zero-order valence-corrected chi connectivity index (χ0v) is 17.7. The van der Waals surface area contributed by atoms with Crippen LogP contribution in [-0.4, -0.2) is 40.1 Å². The van der Waals surface area contributed by atoms with Crippen molar-refractivity contribution in [3.05, 3.63) is 64.7 Å². The molecule has 0 bridgehead atoms. The van der Waals surface area contributed by atoms with Gasteiger partial charge in [0.2, 0.25) is 5.95 Å². The van der Waals surface area contributed by atoms with Crippen molar-refractivity contribution < 1.29 is 9.18 Å². The van der Waals surface area contributed by atoms with Crippen molar-refractivity contribution in [3.8, 4) is 11.3 Å². The number of hydrogen-bond acceptors (Lipinski definition) is 4. The monoisotopic (exact) mass is 407 g/mol. The lowest BCUT2D eigenvalue weighted by molar-refractivity contribution is 0.0827. The molecule has 0 saturated carbocycles. The van der Waals surface area contributed by atoms with E-state index in [1.807, 2.05) is 24.3 Å². The molecule has 6 nitrogen and oxygen atoms in total. The number of rotatable bonds is 5.